The fourth-order valence-corrected chi connectivity index (χ4v) is 8.51. The lowest BCUT2D eigenvalue weighted by molar-refractivity contribution is -0.117. The number of hydrogen-bond acceptors (Lipinski definition) is 5. The summed E-state index contributed by atoms with van der Waals surface area (Å²) >= 11 is 1.84. The monoisotopic (exact) mass is 491 g/mol. The third kappa shape index (κ3) is 4.09. The van der Waals surface area contributed by atoms with Crippen LogP contribution in [-0.4, -0.2) is 46.8 Å². The van der Waals surface area contributed by atoms with Gasteiger partial charge in [-0.3, -0.25) is 14.7 Å². The number of fused-ring (bicyclic) bond motifs is 1. The third-order valence-corrected chi connectivity index (χ3v) is 9.09. The quantitative estimate of drug-likeness (QED) is 0.559. The van der Waals surface area contributed by atoms with Gasteiger partial charge in [-0.2, -0.15) is 0 Å². The lowest BCUT2D eigenvalue weighted by Crippen LogP contribution is -2.52. The molecule has 4 saturated carbocycles. The second-order valence-electron chi connectivity index (χ2n) is 10.4. The zero-order valence-corrected chi connectivity index (χ0v) is 21.1. The first-order valence-electron chi connectivity index (χ1n) is 12.2. The highest BCUT2D eigenvalue weighted by Gasteiger charge is 2.52. The van der Waals surface area contributed by atoms with Gasteiger partial charge < -0.3 is 14.4 Å². The van der Waals surface area contributed by atoms with Crippen LogP contribution in [-0.2, 0) is 4.79 Å². The van der Waals surface area contributed by atoms with E-state index in [-0.39, 0.29) is 36.8 Å². The minimum atomic E-state index is -0.0227. The average Bonchev–Trinajstić information content (AvgIpc) is 3.35. The van der Waals surface area contributed by atoms with Crippen molar-refractivity contribution in [1.29, 1.82) is 0 Å². The molecule has 0 spiro atoms. The molecule has 33 heavy (non-hydrogen) atoms. The highest BCUT2D eigenvalue weighted by Crippen LogP contribution is 2.57. The zero-order valence-electron chi connectivity index (χ0n) is 19.5. The largest absolute Gasteiger partial charge is 0.454 e. The maximum Gasteiger partial charge on any atom is 0.231 e. The number of halogens is 1. The summed E-state index contributed by atoms with van der Waals surface area (Å²) in [6.45, 7) is 5.02. The number of aliphatic imine (C=N–C) groups is 1. The van der Waals surface area contributed by atoms with Crippen LogP contribution >= 0.6 is 24.2 Å². The van der Waals surface area contributed by atoms with Gasteiger partial charge in [0.25, 0.3) is 0 Å². The molecule has 6 aliphatic rings. The Balaban J connectivity index is 0.00000228. The van der Waals surface area contributed by atoms with Gasteiger partial charge in [0, 0.05) is 31.0 Å². The van der Waals surface area contributed by atoms with E-state index in [0.29, 0.717) is 5.75 Å². The first kappa shape index (κ1) is 23.2. The predicted octanol–water partition coefficient (Wildman–Crippen LogP) is 5.30. The predicted molar refractivity (Wildman–Crippen MR) is 135 cm³/mol. The van der Waals surface area contributed by atoms with Crippen molar-refractivity contribution in [3.05, 3.63) is 18.2 Å². The molecule has 0 N–H and O–H groups in total. The lowest BCUT2D eigenvalue weighted by Gasteiger charge is -2.55. The van der Waals surface area contributed by atoms with Crippen LogP contribution in [0.1, 0.15) is 58.8 Å². The molecule has 7 rings (SSSR count). The molecule has 2 aliphatic heterocycles. The minimum absolute atomic E-state index is 0. The van der Waals surface area contributed by atoms with Crippen LogP contribution in [0.5, 0.6) is 11.5 Å². The van der Waals surface area contributed by atoms with E-state index in [9.17, 15) is 4.79 Å². The van der Waals surface area contributed by atoms with E-state index in [4.69, 9.17) is 14.5 Å². The number of ether oxygens (including phenoxy) is 2. The van der Waals surface area contributed by atoms with Crippen molar-refractivity contribution in [2.45, 2.75) is 70.5 Å². The molecule has 4 bridgehead atoms. The fourth-order valence-electron chi connectivity index (χ4n) is 7.25. The molecule has 5 fully saturated rings. The number of benzene rings is 1. The highest BCUT2D eigenvalue weighted by atomic mass is 35.5. The van der Waals surface area contributed by atoms with Crippen LogP contribution in [0.2, 0.25) is 0 Å². The number of anilines is 1. The molecule has 1 saturated heterocycles. The molecule has 2 heterocycles. The molecule has 180 valence electrons. The highest BCUT2D eigenvalue weighted by molar-refractivity contribution is 8.14. The zero-order chi connectivity index (χ0) is 21.9. The van der Waals surface area contributed by atoms with Crippen molar-refractivity contribution in [3.8, 4) is 11.5 Å². The van der Waals surface area contributed by atoms with Crippen molar-refractivity contribution in [1.82, 2.24) is 4.90 Å². The van der Waals surface area contributed by atoms with Gasteiger partial charge in [-0.1, -0.05) is 18.7 Å². The summed E-state index contributed by atoms with van der Waals surface area (Å²) in [6.07, 6.45) is 9.11. The van der Waals surface area contributed by atoms with Gasteiger partial charge >= 0.3 is 0 Å². The third-order valence-electron chi connectivity index (χ3n) is 8.04. The molecule has 0 aromatic heterocycles. The van der Waals surface area contributed by atoms with Crippen LogP contribution in [0.15, 0.2) is 23.2 Å². The van der Waals surface area contributed by atoms with Gasteiger partial charge in [0.05, 0.1) is 5.54 Å². The van der Waals surface area contributed by atoms with Crippen molar-refractivity contribution in [2.75, 3.05) is 24.0 Å². The second-order valence-corrected chi connectivity index (χ2v) is 11.4. The molecule has 4 aliphatic carbocycles. The normalized spacial score (nSPS) is 34.6. The van der Waals surface area contributed by atoms with Gasteiger partial charge in [-0.15, -0.1) is 12.4 Å². The van der Waals surface area contributed by atoms with E-state index in [1.807, 2.05) is 34.9 Å². The van der Waals surface area contributed by atoms with E-state index in [2.05, 4.69) is 11.8 Å². The van der Waals surface area contributed by atoms with Gasteiger partial charge in [0.1, 0.15) is 6.17 Å². The summed E-state index contributed by atoms with van der Waals surface area (Å²) in [6, 6.07) is 5.81. The maximum absolute atomic E-state index is 12.9. The van der Waals surface area contributed by atoms with E-state index >= 15 is 0 Å². The summed E-state index contributed by atoms with van der Waals surface area (Å²) < 4.78 is 11.1. The molecular formula is C25H34ClN3O3S. The summed E-state index contributed by atoms with van der Waals surface area (Å²) in [5, 5.41) is 1.16. The first-order valence-corrected chi connectivity index (χ1v) is 13.2. The number of carbonyl (C=O) groups excluding carboxylic acids is 1. The lowest BCUT2D eigenvalue weighted by atomic mass is 9.53. The molecule has 0 radical (unpaired) electrons. The van der Waals surface area contributed by atoms with Crippen molar-refractivity contribution in [3.63, 3.8) is 0 Å². The summed E-state index contributed by atoms with van der Waals surface area (Å²) in [4.78, 5) is 22.7. The van der Waals surface area contributed by atoms with Crippen LogP contribution in [0.25, 0.3) is 0 Å². The topological polar surface area (TPSA) is 54.4 Å². The molecular weight excluding hydrogens is 458 g/mol. The molecule has 1 aromatic rings. The minimum Gasteiger partial charge on any atom is -0.454 e. The van der Waals surface area contributed by atoms with E-state index in [1.165, 1.54) is 38.5 Å². The average molecular weight is 492 g/mol. The molecule has 1 amide bonds. The Labute approximate surface area is 206 Å². The number of thioether (sulfide) groups is 1. The number of nitrogens with zero attached hydrogens (tertiary/aromatic N) is 3. The number of rotatable bonds is 5. The van der Waals surface area contributed by atoms with Crippen molar-refractivity contribution in [2.24, 2.45) is 22.7 Å². The Morgan fingerprint density at radius 1 is 1.15 bits per heavy atom. The SMILES string of the molecule is CCCN1C(=NC23CC4CC(CC(C4)C2)C3)SCC1N(C(C)=O)c1ccc2c(c1)OCO2.Cl. The summed E-state index contributed by atoms with van der Waals surface area (Å²) in [5.41, 5.74) is 1.02. The Morgan fingerprint density at radius 3 is 2.45 bits per heavy atom. The Bertz CT molecular complexity index is 920. The van der Waals surface area contributed by atoms with Gasteiger partial charge in [0.2, 0.25) is 12.7 Å². The first-order chi connectivity index (χ1) is 15.5. The van der Waals surface area contributed by atoms with Crippen LogP contribution in [0, 0.1) is 17.8 Å². The standard InChI is InChI=1S/C25H33N3O3S.ClH/c1-3-6-27-23(28(16(2)29)20-4-5-21-22(10-20)31-15-30-21)14-32-24(27)26-25-11-17-7-18(12-25)9-19(8-17)13-25;/h4-5,10,17-19,23H,3,6-9,11-15H2,1-2H3;1H. The summed E-state index contributed by atoms with van der Waals surface area (Å²) in [7, 11) is 0. The maximum atomic E-state index is 12.9. The molecule has 6 nitrogen and oxygen atoms in total. The Morgan fingerprint density at radius 2 is 1.82 bits per heavy atom. The Kier molecular flexibility index (Phi) is 6.23. The van der Waals surface area contributed by atoms with Crippen molar-refractivity contribution >= 4 is 40.9 Å². The van der Waals surface area contributed by atoms with Crippen LogP contribution in [0.4, 0.5) is 5.69 Å². The molecule has 1 unspecified atom stereocenters. The van der Waals surface area contributed by atoms with Gasteiger partial charge in [-0.05, 0) is 74.8 Å². The number of amidine groups is 1. The van der Waals surface area contributed by atoms with E-state index in [0.717, 1.165) is 53.1 Å². The molecule has 1 atom stereocenters. The number of carbonyl (C=O) groups is 1. The molecule has 1 aromatic carbocycles. The van der Waals surface area contributed by atoms with Gasteiger partial charge in [0.15, 0.2) is 16.7 Å². The second kappa shape index (κ2) is 8.88. The molecule has 8 heteroatoms. The van der Waals surface area contributed by atoms with Crippen LogP contribution in [0.3, 0.4) is 0 Å². The smallest absolute Gasteiger partial charge is 0.231 e. The van der Waals surface area contributed by atoms with Crippen molar-refractivity contribution < 1.29 is 14.3 Å². The number of hydrogen-bond donors (Lipinski definition) is 0. The van der Waals surface area contributed by atoms with Gasteiger partial charge in [-0.25, -0.2) is 0 Å². The number of amides is 1. The summed E-state index contributed by atoms with van der Waals surface area (Å²) in [5.74, 6) is 5.00. The van der Waals surface area contributed by atoms with E-state index < -0.39 is 0 Å². The fraction of sp³-hybridized carbons (Fsp3) is 0.680. The van der Waals surface area contributed by atoms with E-state index in [1.54, 1.807) is 6.92 Å². The Hall–Kier alpha value is -1.60. The van der Waals surface area contributed by atoms with Crippen LogP contribution < -0.4 is 14.4 Å².